The van der Waals surface area contributed by atoms with E-state index in [-0.39, 0.29) is 5.91 Å². The lowest BCUT2D eigenvalue weighted by molar-refractivity contribution is -0.147. The molecule has 0 bridgehead atoms. The Morgan fingerprint density at radius 3 is 2.74 bits per heavy atom. The second kappa shape index (κ2) is 4.68. The fourth-order valence-electron chi connectivity index (χ4n) is 2.55. The van der Waals surface area contributed by atoms with Gasteiger partial charge in [-0.05, 0) is 32.3 Å². The number of carbonyl (C=O) groups is 2. The summed E-state index contributed by atoms with van der Waals surface area (Å²) in [5.41, 5.74) is 0.182. The molecule has 19 heavy (non-hydrogen) atoms. The highest BCUT2D eigenvalue weighted by Crippen LogP contribution is 2.30. The first-order valence-corrected chi connectivity index (χ1v) is 6.48. The van der Waals surface area contributed by atoms with Gasteiger partial charge in [0.15, 0.2) is 0 Å². The van der Waals surface area contributed by atoms with Gasteiger partial charge in [-0.15, -0.1) is 0 Å². The van der Waals surface area contributed by atoms with Gasteiger partial charge in [0.25, 0.3) is 5.91 Å². The van der Waals surface area contributed by atoms with Gasteiger partial charge in [-0.2, -0.15) is 5.10 Å². The molecule has 1 fully saturated rings. The molecule has 0 spiro atoms. The van der Waals surface area contributed by atoms with E-state index in [0.29, 0.717) is 25.1 Å². The standard InChI is InChI=1S/C13H19N3O3/c1-4-9-8-10(15(3)14-9)11(17)16-7-5-6-13(16,2)12(18)19/h8H,4-7H2,1-3H3,(H,18,19). The second-order valence-corrected chi connectivity index (χ2v) is 5.14. The summed E-state index contributed by atoms with van der Waals surface area (Å²) < 4.78 is 1.53. The maximum Gasteiger partial charge on any atom is 0.329 e. The molecular weight excluding hydrogens is 246 g/mol. The molecule has 6 nitrogen and oxygen atoms in total. The first kappa shape index (κ1) is 13.6. The minimum Gasteiger partial charge on any atom is -0.480 e. The van der Waals surface area contributed by atoms with E-state index >= 15 is 0 Å². The van der Waals surface area contributed by atoms with Crippen molar-refractivity contribution >= 4 is 11.9 Å². The Hall–Kier alpha value is -1.85. The number of amides is 1. The molecule has 1 aliphatic heterocycles. The van der Waals surface area contributed by atoms with Gasteiger partial charge >= 0.3 is 5.97 Å². The van der Waals surface area contributed by atoms with Gasteiger partial charge in [0.1, 0.15) is 11.2 Å². The topological polar surface area (TPSA) is 75.4 Å². The van der Waals surface area contributed by atoms with Crippen molar-refractivity contribution in [3.05, 3.63) is 17.5 Å². The number of rotatable bonds is 3. The molecule has 2 heterocycles. The molecule has 0 aromatic carbocycles. The minimum atomic E-state index is -1.10. The summed E-state index contributed by atoms with van der Waals surface area (Å²) in [5.74, 6) is -1.20. The highest BCUT2D eigenvalue weighted by atomic mass is 16.4. The van der Waals surface area contributed by atoms with Crippen LogP contribution >= 0.6 is 0 Å². The molecule has 1 amide bonds. The maximum atomic E-state index is 12.5. The number of hydrogen-bond acceptors (Lipinski definition) is 3. The molecule has 6 heteroatoms. The highest BCUT2D eigenvalue weighted by molar-refractivity contribution is 5.97. The molecule has 2 rings (SSSR count). The Labute approximate surface area is 112 Å². The molecule has 104 valence electrons. The molecule has 1 aromatic rings. The van der Waals surface area contributed by atoms with Crippen LogP contribution in [0.5, 0.6) is 0 Å². The summed E-state index contributed by atoms with van der Waals surface area (Å²) in [6.45, 7) is 4.05. The Kier molecular flexibility index (Phi) is 3.34. The number of carbonyl (C=O) groups excluding carboxylic acids is 1. The summed E-state index contributed by atoms with van der Waals surface area (Å²) >= 11 is 0. The zero-order valence-corrected chi connectivity index (χ0v) is 11.5. The average Bonchev–Trinajstić information content (AvgIpc) is 2.93. The molecular formula is C13H19N3O3. The summed E-state index contributed by atoms with van der Waals surface area (Å²) in [6, 6.07) is 1.74. The van der Waals surface area contributed by atoms with Crippen molar-refractivity contribution in [2.75, 3.05) is 6.54 Å². The smallest absolute Gasteiger partial charge is 0.329 e. The van der Waals surface area contributed by atoms with E-state index < -0.39 is 11.5 Å². The van der Waals surface area contributed by atoms with Crippen molar-refractivity contribution in [3.63, 3.8) is 0 Å². The number of carboxylic acid groups (broad SMARTS) is 1. The van der Waals surface area contributed by atoms with Crippen LogP contribution in [0.25, 0.3) is 0 Å². The third-order valence-corrected chi connectivity index (χ3v) is 3.86. The van der Waals surface area contributed by atoms with Gasteiger partial charge < -0.3 is 10.0 Å². The van der Waals surface area contributed by atoms with Crippen LogP contribution in [0.3, 0.4) is 0 Å². The van der Waals surface area contributed by atoms with E-state index in [9.17, 15) is 14.7 Å². The zero-order valence-electron chi connectivity index (χ0n) is 11.5. The number of nitrogens with zero attached hydrogens (tertiary/aromatic N) is 3. The fourth-order valence-corrected chi connectivity index (χ4v) is 2.55. The van der Waals surface area contributed by atoms with Crippen LogP contribution in [0.2, 0.25) is 0 Å². The van der Waals surface area contributed by atoms with Crippen LogP contribution in [0.15, 0.2) is 6.07 Å². The van der Waals surface area contributed by atoms with Crippen LogP contribution in [0.1, 0.15) is 42.9 Å². The number of aliphatic carboxylic acids is 1. The lowest BCUT2D eigenvalue weighted by atomic mass is 9.99. The van der Waals surface area contributed by atoms with E-state index in [1.165, 1.54) is 9.58 Å². The molecule has 1 unspecified atom stereocenters. The molecule has 0 aliphatic carbocycles. The molecule has 1 aromatic heterocycles. The van der Waals surface area contributed by atoms with Crippen molar-refractivity contribution in [3.8, 4) is 0 Å². The van der Waals surface area contributed by atoms with Gasteiger partial charge in [0.2, 0.25) is 0 Å². The van der Waals surface area contributed by atoms with Crippen molar-refractivity contribution in [1.82, 2.24) is 14.7 Å². The predicted octanol–water partition coefficient (Wildman–Crippen LogP) is 1.06. The quantitative estimate of drug-likeness (QED) is 0.886. The summed E-state index contributed by atoms with van der Waals surface area (Å²) in [6.07, 6.45) is 1.96. The minimum absolute atomic E-state index is 0.253. The van der Waals surface area contributed by atoms with Crippen molar-refractivity contribution in [2.24, 2.45) is 7.05 Å². The number of hydrogen-bond donors (Lipinski definition) is 1. The third-order valence-electron chi connectivity index (χ3n) is 3.86. The predicted molar refractivity (Wildman–Crippen MR) is 68.9 cm³/mol. The SMILES string of the molecule is CCc1cc(C(=O)N2CCCC2(C)C(=O)O)n(C)n1. The lowest BCUT2D eigenvalue weighted by Gasteiger charge is -2.31. The van der Waals surface area contributed by atoms with Crippen LogP contribution in [0, 0.1) is 0 Å². The van der Waals surface area contributed by atoms with Crippen molar-refractivity contribution in [2.45, 2.75) is 38.6 Å². The summed E-state index contributed by atoms with van der Waals surface area (Å²) in [5, 5.41) is 13.6. The van der Waals surface area contributed by atoms with Gasteiger partial charge in [0.05, 0.1) is 5.69 Å². The molecule has 0 saturated carbocycles. The van der Waals surface area contributed by atoms with E-state index in [2.05, 4.69) is 5.10 Å². The van der Waals surface area contributed by atoms with Crippen LogP contribution in [-0.4, -0.2) is 43.7 Å². The first-order chi connectivity index (χ1) is 8.90. The Morgan fingerprint density at radius 2 is 2.21 bits per heavy atom. The Balaban J connectivity index is 2.33. The van der Waals surface area contributed by atoms with E-state index in [0.717, 1.165) is 12.1 Å². The highest BCUT2D eigenvalue weighted by Gasteiger charge is 2.46. The zero-order chi connectivity index (χ0) is 14.2. The monoisotopic (exact) mass is 265 g/mol. The molecule has 1 atom stereocenters. The van der Waals surface area contributed by atoms with Crippen molar-refractivity contribution in [1.29, 1.82) is 0 Å². The van der Waals surface area contributed by atoms with Crippen LogP contribution in [0.4, 0.5) is 0 Å². The summed E-state index contributed by atoms with van der Waals surface area (Å²) in [4.78, 5) is 25.4. The van der Waals surface area contributed by atoms with E-state index in [1.807, 2.05) is 6.92 Å². The van der Waals surface area contributed by atoms with Gasteiger partial charge in [-0.1, -0.05) is 6.92 Å². The first-order valence-electron chi connectivity index (χ1n) is 6.48. The normalized spacial score (nSPS) is 22.8. The van der Waals surface area contributed by atoms with E-state index in [4.69, 9.17) is 0 Å². The Bertz CT molecular complexity index is 523. The van der Waals surface area contributed by atoms with Crippen molar-refractivity contribution < 1.29 is 14.7 Å². The lowest BCUT2D eigenvalue weighted by Crippen LogP contribution is -2.51. The molecule has 0 radical (unpaired) electrons. The average molecular weight is 265 g/mol. The third kappa shape index (κ3) is 2.11. The van der Waals surface area contributed by atoms with E-state index in [1.54, 1.807) is 20.0 Å². The van der Waals surface area contributed by atoms with Gasteiger partial charge in [0, 0.05) is 13.6 Å². The van der Waals surface area contributed by atoms with Crippen LogP contribution in [-0.2, 0) is 18.3 Å². The number of aryl methyl sites for hydroxylation is 2. The van der Waals surface area contributed by atoms with Crippen LogP contribution < -0.4 is 0 Å². The fraction of sp³-hybridized carbons (Fsp3) is 0.615. The molecule has 1 aliphatic rings. The largest absolute Gasteiger partial charge is 0.480 e. The van der Waals surface area contributed by atoms with Gasteiger partial charge in [-0.25, -0.2) is 4.79 Å². The maximum absolute atomic E-state index is 12.5. The summed E-state index contributed by atoms with van der Waals surface area (Å²) in [7, 11) is 1.71. The molecule has 1 N–H and O–H groups in total. The van der Waals surface area contributed by atoms with Gasteiger partial charge in [-0.3, -0.25) is 9.48 Å². The number of carboxylic acids is 1. The molecule has 1 saturated heterocycles. The second-order valence-electron chi connectivity index (χ2n) is 5.14. The number of aromatic nitrogens is 2. The Morgan fingerprint density at radius 1 is 1.53 bits per heavy atom. The number of likely N-dealkylation sites (tertiary alicyclic amines) is 1.